The minimum Gasteiger partial charge on any atom is -0.207 e. The van der Waals surface area contributed by atoms with Gasteiger partial charge in [-0.1, -0.05) is 12.8 Å². The molecule has 2 fully saturated rings. The summed E-state index contributed by atoms with van der Waals surface area (Å²) in [6, 6.07) is 0. The largest absolute Gasteiger partial charge is 0.248 e. The molecule has 2 aliphatic carbocycles. The molecule has 0 saturated heterocycles. The first-order valence-electron chi connectivity index (χ1n) is 4.03. The maximum Gasteiger partial charge on any atom is 0.248 e. The molecule has 0 radical (unpaired) electrons. The van der Waals surface area contributed by atoms with Gasteiger partial charge in [0.05, 0.1) is 0 Å². The van der Waals surface area contributed by atoms with Gasteiger partial charge in [-0.25, -0.2) is 8.78 Å². The lowest BCUT2D eigenvalue weighted by Gasteiger charge is -2.34. The first-order chi connectivity index (χ1) is 4.66. The molecule has 0 aromatic carbocycles. The zero-order valence-electron chi connectivity index (χ0n) is 5.95. The lowest BCUT2D eigenvalue weighted by Crippen LogP contribution is -2.35. The Morgan fingerprint density at radius 3 is 2.10 bits per heavy atom. The van der Waals surface area contributed by atoms with Crippen LogP contribution in [0.4, 0.5) is 8.78 Å². The predicted octanol–water partition coefficient (Wildman–Crippen LogP) is 2.83. The van der Waals surface area contributed by atoms with E-state index in [-0.39, 0.29) is 12.8 Å². The topological polar surface area (TPSA) is 0 Å². The molecular weight excluding hydrogens is 134 g/mol. The highest BCUT2D eigenvalue weighted by atomic mass is 19.3. The lowest BCUT2D eigenvalue weighted by atomic mass is 9.78. The number of halogens is 2. The quantitative estimate of drug-likeness (QED) is 0.562. The second-order valence-electron chi connectivity index (χ2n) is 3.81. The van der Waals surface area contributed by atoms with Crippen molar-refractivity contribution in [3.8, 4) is 0 Å². The molecular formula is C8H12F2. The molecule has 0 atom stereocenters. The Bertz CT molecular complexity index is 127. The summed E-state index contributed by atoms with van der Waals surface area (Å²) in [6.07, 6.45) is 4.01. The Kier molecular flexibility index (Phi) is 1.26. The van der Waals surface area contributed by atoms with E-state index in [2.05, 4.69) is 0 Å². The molecule has 0 N–H and O–H groups in total. The van der Waals surface area contributed by atoms with Crippen molar-refractivity contribution >= 4 is 0 Å². The first kappa shape index (κ1) is 6.56. The Labute approximate surface area is 59.6 Å². The Morgan fingerprint density at radius 1 is 1.10 bits per heavy atom. The fourth-order valence-corrected chi connectivity index (χ4v) is 1.78. The molecule has 2 heteroatoms. The van der Waals surface area contributed by atoms with E-state index in [1.165, 1.54) is 12.8 Å². The average molecular weight is 146 g/mol. The lowest BCUT2D eigenvalue weighted by molar-refractivity contribution is -0.113. The second-order valence-corrected chi connectivity index (χ2v) is 3.81. The molecule has 2 aliphatic rings. The molecule has 0 unspecified atom stereocenters. The zero-order valence-corrected chi connectivity index (χ0v) is 5.95. The SMILES string of the molecule is FC1(F)CC(CC2CC2)C1. The van der Waals surface area contributed by atoms with Crippen LogP contribution in [-0.2, 0) is 0 Å². The van der Waals surface area contributed by atoms with Gasteiger partial charge in [0.2, 0.25) is 5.92 Å². The number of rotatable bonds is 2. The van der Waals surface area contributed by atoms with Crippen LogP contribution in [0.1, 0.15) is 32.1 Å². The molecule has 2 rings (SSSR count). The second kappa shape index (κ2) is 1.93. The van der Waals surface area contributed by atoms with Crippen LogP contribution in [0, 0.1) is 11.8 Å². The van der Waals surface area contributed by atoms with Crippen molar-refractivity contribution in [2.45, 2.75) is 38.0 Å². The number of hydrogen-bond acceptors (Lipinski definition) is 0. The van der Waals surface area contributed by atoms with E-state index in [9.17, 15) is 8.78 Å². The van der Waals surface area contributed by atoms with Crippen molar-refractivity contribution in [3.63, 3.8) is 0 Å². The van der Waals surface area contributed by atoms with Gasteiger partial charge in [0, 0.05) is 12.8 Å². The fraction of sp³-hybridized carbons (Fsp3) is 1.00. The Hall–Kier alpha value is -0.140. The van der Waals surface area contributed by atoms with Gasteiger partial charge in [0.1, 0.15) is 0 Å². The van der Waals surface area contributed by atoms with Gasteiger partial charge < -0.3 is 0 Å². The summed E-state index contributed by atoms with van der Waals surface area (Å²) in [5.74, 6) is -1.11. The molecule has 0 heterocycles. The number of hydrogen-bond donors (Lipinski definition) is 0. The van der Waals surface area contributed by atoms with Crippen LogP contribution in [0.3, 0.4) is 0 Å². The minimum absolute atomic E-state index is 0.170. The van der Waals surface area contributed by atoms with E-state index in [0.717, 1.165) is 12.3 Å². The summed E-state index contributed by atoms with van der Waals surface area (Å²) >= 11 is 0. The smallest absolute Gasteiger partial charge is 0.207 e. The Morgan fingerprint density at radius 2 is 1.70 bits per heavy atom. The highest BCUT2D eigenvalue weighted by Crippen LogP contribution is 2.48. The van der Waals surface area contributed by atoms with Crippen molar-refractivity contribution in [1.29, 1.82) is 0 Å². The first-order valence-corrected chi connectivity index (χ1v) is 4.03. The van der Waals surface area contributed by atoms with Gasteiger partial charge in [-0.2, -0.15) is 0 Å². The van der Waals surface area contributed by atoms with Crippen LogP contribution >= 0.6 is 0 Å². The van der Waals surface area contributed by atoms with Crippen LogP contribution < -0.4 is 0 Å². The molecule has 2 saturated carbocycles. The van der Waals surface area contributed by atoms with Gasteiger partial charge >= 0.3 is 0 Å². The summed E-state index contributed by atoms with van der Waals surface area (Å²) in [5.41, 5.74) is 0. The van der Waals surface area contributed by atoms with Crippen molar-refractivity contribution < 1.29 is 8.78 Å². The molecule has 0 nitrogen and oxygen atoms in total. The summed E-state index contributed by atoms with van der Waals surface area (Å²) in [6.45, 7) is 0. The van der Waals surface area contributed by atoms with E-state index in [1.54, 1.807) is 0 Å². The van der Waals surface area contributed by atoms with Crippen molar-refractivity contribution in [1.82, 2.24) is 0 Å². The summed E-state index contributed by atoms with van der Waals surface area (Å²) in [7, 11) is 0. The molecule has 0 bridgehead atoms. The summed E-state index contributed by atoms with van der Waals surface area (Å²) < 4.78 is 24.5. The normalized spacial score (nSPS) is 31.8. The van der Waals surface area contributed by atoms with Gasteiger partial charge in [-0.3, -0.25) is 0 Å². The monoisotopic (exact) mass is 146 g/mol. The van der Waals surface area contributed by atoms with Gasteiger partial charge in [-0.15, -0.1) is 0 Å². The summed E-state index contributed by atoms with van der Waals surface area (Å²) in [5, 5.41) is 0. The average Bonchev–Trinajstić information content (AvgIpc) is 2.44. The maximum absolute atomic E-state index is 12.3. The Balaban J connectivity index is 1.69. The van der Waals surface area contributed by atoms with Gasteiger partial charge in [0.15, 0.2) is 0 Å². The van der Waals surface area contributed by atoms with E-state index in [1.807, 2.05) is 0 Å². The van der Waals surface area contributed by atoms with Gasteiger partial charge in [0.25, 0.3) is 0 Å². The molecule has 0 aromatic rings. The van der Waals surface area contributed by atoms with Crippen molar-refractivity contribution in [2.24, 2.45) is 11.8 Å². The molecule has 0 aliphatic heterocycles. The molecule has 0 spiro atoms. The van der Waals surface area contributed by atoms with Crippen LogP contribution in [-0.4, -0.2) is 5.92 Å². The van der Waals surface area contributed by atoms with Crippen LogP contribution in [0.2, 0.25) is 0 Å². The van der Waals surface area contributed by atoms with Crippen molar-refractivity contribution in [3.05, 3.63) is 0 Å². The molecule has 10 heavy (non-hydrogen) atoms. The van der Waals surface area contributed by atoms with Crippen LogP contribution in [0.25, 0.3) is 0 Å². The van der Waals surface area contributed by atoms with Gasteiger partial charge in [-0.05, 0) is 18.3 Å². The maximum atomic E-state index is 12.3. The third-order valence-corrected chi connectivity index (χ3v) is 2.54. The highest BCUT2D eigenvalue weighted by molar-refractivity contribution is 4.89. The van der Waals surface area contributed by atoms with Crippen molar-refractivity contribution in [2.75, 3.05) is 0 Å². The summed E-state index contributed by atoms with van der Waals surface area (Å²) in [4.78, 5) is 0. The molecule has 0 amide bonds. The van der Waals surface area contributed by atoms with Crippen LogP contribution in [0.5, 0.6) is 0 Å². The van der Waals surface area contributed by atoms with E-state index in [4.69, 9.17) is 0 Å². The zero-order chi connectivity index (χ0) is 7.19. The third kappa shape index (κ3) is 1.30. The third-order valence-electron chi connectivity index (χ3n) is 2.54. The highest BCUT2D eigenvalue weighted by Gasteiger charge is 2.46. The number of alkyl halides is 2. The molecule has 58 valence electrons. The minimum atomic E-state index is -2.29. The van der Waals surface area contributed by atoms with E-state index >= 15 is 0 Å². The standard InChI is InChI=1S/C8H12F2/c9-8(10)4-7(5-8)3-6-1-2-6/h6-7H,1-5H2. The van der Waals surface area contributed by atoms with Crippen LogP contribution in [0.15, 0.2) is 0 Å². The predicted molar refractivity (Wildman–Crippen MR) is 35.0 cm³/mol. The fourth-order valence-electron chi connectivity index (χ4n) is 1.78. The van der Waals surface area contributed by atoms with E-state index < -0.39 is 5.92 Å². The molecule has 0 aromatic heterocycles. The van der Waals surface area contributed by atoms with E-state index in [0.29, 0.717) is 5.92 Å².